The summed E-state index contributed by atoms with van der Waals surface area (Å²) >= 11 is 12.1. The van der Waals surface area contributed by atoms with E-state index >= 15 is 0 Å². The molecule has 3 aromatic rings. The number of pyridine rings is 1. The number of ether oxygens (including phenoxy) is 1. The molecule has 1 aliphatic rings. The number of nitrogens with zero attached hydrogens (tertiary/aromatic N) is 2. The van der Waals surface area contributed by atoms with Gasteiger partial charge in [-0.15, -0.1) is 0 Å². The zero-order valence-corrected chi connectivity index (χ0v) is 19.9. The topological polar surface area (TPSA) is 54.5 Å². The van der Waals surface area contributed by atoms with Crippen molar-refractivity contribution in [2.45, 2.75) is 19.3 Å². The molecule has 1 amide bonds. The van der Waals surface area contributed by atoms with Crippen LogP contribution in [-0.2, 0) is 6.42 Å². The van der Waals surface area contributed by atoms with Gasteiger partial charge >= 0.3 is 0 Å². The van der Waals surface area contributed by atoms with Gasteiger partial charge in [-0.05, 0) is 72.9 Å². The predicted molar refractivity (Wildman–Crippen MR) is 134 cm³/mol. The Morgan fingerprint density at radius 3 is 2.48 bits per heavy atom. The number of nitrogens with one attached hydrogen (secondary N) is 1. The van der Waals surface area contributed by atoms with E-state index in [-0.39, 0.29) is 5.91 Å². The highest BCUT2D eigenvalue weighted by Crippen LogP contribution is 2.23. The molecule has 33 heavy (non-hydrogen) atoms. The van der Waals surface area contributed by atoms with E-state index in [1.807, 2.05) is 54.9 Å². The van der Waals surface area contributed by atoms with Crippen LogP contribution in [0.25, 0.3) is 0 Å². The highest BCUT2D eigenvalue weighted by atomic mass is 35.5. The van der Waals surface area contributed by atoms with Gasteiger partial charge in [0, 0.05) is 59.7 Å². The Morgan fingerprint density at radius 1 is 1.03 bits per heavy atom. The van der Waals surface area contributed by atoms with Gasteiger partial charge in [0.15, 0.2) is 0 Å². The van der Waals surface area contributed by atoms with Crippen LogP contribution < -0.4 is 15.0 Å². The van der Waals surface area contributed by atoms with E-state index in [1.54, 1.807) is 12.1 Å². The number of piperidine rings is 1. The van der Waals surface area contributed by atoms with Crippen molar-refractivity contribution in [3.8, 4) is 5.75 Å². The molecule has 1 fully saturated rings. The fraction of sp³-hybridized carbons (Fsp3) is 0.308. The van der Waals surface area contributed by atoms with Gasteiger partial charge in [0.05, 0.1) is 6.61 Å². The van der Waals surface area contributed by atoms with Crippen LogP contribution in [-0.4, -0.2) is 37.1 Å². The van der Waals surface area contributed by atoms with Crippen molar-refractivity contribution < 1.29 is 9.53 Å². The second-order valence-corrected chi connectivity index (χ2v) is 9.12. The van der Waals surface area contributed by atoms with Crippen LogP contribution in [0.15, 0.2) is 67.0 Å². The molecule has 0 saturated carbocycles. The van der Waals surface area contributed by atoms with E-state index in [2.05, 4.69) is 15.2 Å². The minimum atomic E-state index is -0.0707. The third-order valence-electron chi connectivity index (χ3n) is 5.87. The minimum absolute atomic E-state index is 0.0707. The van der Waals surface area contributed by atoms with Gasteiger partial charge in [0.1, 0.15) is 5.75 Å². The first-order valence-electron chi connectivity index (χ1n) is 11.2. The molecule has 2 heterocycles. The summed E-state index contributed by atoms with van der Waals surface area (Å²) < 4.78 is 5.85. The van der Waals surface area contributed by atoms with Crippen molar-refractivity contribution in [2.24, 2.45) is 5.92 Å². The van der Waals surface area contributed by atoms with Crippen molar-refractivity contribution in [1.82, 2.24) is 10.3 Å². The van der Waals surface area contributed by atoms with E-state index in [1.165, 1.54) is 5.69 Å². The summed E-state index contributed by atoms with van der Waals surface area (Å²) in [5.41, 5.74) is 2.83. The zero-order valence-electron chi connectivity index (χ0n) is 18.3. The van der Waals surface area contributed by atoms with Crippen molar-refractivity contribution in [1.29, 1.82) is 0 Å². The first-order valence-corrected chi connectivity index (χ1v) is 11.9. The maximum atomic E-state index is 12.7. The molecule has 0 aliphatic carbocycles. The van der Waals surface area contributed by atoms with Crippen LogP contribution in [0.5, 0.6) is 5.75 Å². The molecular formula is C26H27Cl2N3O2. The SMILES string of the molecule is O=C(NCC1CCN(c2ccncc2)CC1)c1cccc(OCCc2cc(Cl)cc(Cl)c2)c1. The number of hydrogen-bond acceptors (Lipinski definition) is 4. The Bertz CT molecular complexity index is 1050. The van der Waals surface area contributed by atoms with Gasteiger partial charge in [-0.25, -0.2) is 0 Å². The smallest absolute Gasteiger partial charge is 0.251 e. The maximum absolute atomic E-state index is 12.7. The van der Waals surface area contributed by atoms with Crippen LogP contribution in [0.1, 0.15) is 28.8 Å². The van der Waals surface area contributed by atoms with Crippen LogP contribution in [0.2, 0.25) is 10.0 Å². The van der Waals surface area contributed by atoms with Gasteiger partial charge in [-0.3, -0.25) is 9.78 Å². The standard InChI is InChI=1S/C26H27Cl2N3O2/c27-22-14-20(15-23(28)17-22)8-13-33-25-3-1-2-21(16-25)26(32)30-18-19-6-11-31(12-7-19)24-4-9-29-10-5-24/h1-5,9-10,14-17,19H,6-8,11-13,18H2,(H,30,32). The molecule has 5 nitrogen and oxygen atoms in total. The second-order valence-electron chi connectivity index (χ2n) is 8.25. The average Bonchev–Trinajstić information content (AvgIpc) is 2.83. The number of hydrogen-bond donors (Lipinski definition) is 1. The van der Waals surface area contributed by atoms with Crippen LogP contribution in [0.4, 0.5) is 5.69 Å². The number of carbonyl (C=O) groups excluding carboxylic acids is 1. The fourth-order valence-corrected chi connectivity index (χ4v) is 4.63. The van der Waals surface area contributed by atoms with Gasteiger partial charge in [-0.1, -0.05) is 29.3 Å². The Kier molecular flexibility index (Phi) is 8.08. The maximum Gasteiger partial charge on any atom is 0.251 e. The molecule has 0 bridgehead atoms. The molecule has 2 aromatic carbocycles. The summed E-state index contributed by atoms with van der Waals surface area (Å²) in [7, 11) is 0. The predicted octanol–water partition coefficient (Wildman–Crippen LogP) is 5.66. The van der Waals surface area contributed by atoms with Crippen molar-refractivity contribution in [3.63, 3.8) is 0 Å². The third kappa shape index (κ3) is 6.86. The molecule has 172 valence electrons. The monoisotopic (exact) mass is 483 g/mol. The largest absolute Gasteiger partial charge is 0.493 e. The number of anilines is 1. The van der Waals surface area contributed by atoms with E-state index in [4.69, 9.17) is 27.9 Å². The molecule has 0 spiro atoms. The van der Waals surface area contributed by atoms with Gasteiger partial charge in [-0.2, -0.15) is 0 Å². The number of aromatic nitrogens is 1. The van der Waals surface area contributed by atoms with Crippen molar-refractivity contribution in [2.75, 3.05) is 31.1 Å². The molecular weight excluding hydrogens is 457 g/mol. The van der Waals surface area contributed by atoms with Crippen LogP contribution >= 0.6 is 23.2 Å². The number of rotatable bonds is 8. The lowest BCUT2D eigenvalue weighted by Crippen LogP contribution is -2.38. The molecule has 7 heteroatoms. The average molecular weight is 484 g/mol. The molecule has 0 atom stereocenters. The third-order valence-corrected chi connectivity index (χ3v) is 6.31. The summed E-state index contributed by atoms with van der Waals surface area (Å²) in [6.07, 6.45) is 6.44. The Hall–Kier alpha value is -2.76. The molecule has 0 unspecified atom stereocenters. The first-order chi connectivity index (χ1) is 16.1. The van der Waals surface area contributed by atoms with Gasteiger partial charge < -0.3 is 15.0 Å². The lowest BCUT2D eigenvalue weighted by Gasteiger charge is -2.33. The van der Waals surface area contributed by atoms with Gasteiger partial charge in [0.25, 0.3) is 5.91 Å². The molecule has 0 radical (unpaired) electrons. The minimum Gasteiger partial charge on any atom is -0.493 e. The van der Waals surface area contributed by atoms with Crippen LogP contribution in [0, 0.1) is 5.92 Å². The fourth-order valence-electron chi connectivity index (χ4n) is 4.06. The molecule has 1 saturated heterocycles. The molecule has 1 N–H and O–H groups in total. The highest BCUT2D eigenvalue weighted by molar-refractivity contribution is 6.34. The van der Waals surface area contributed by atoms with E-state index in [9.17, 15) is 4.79 Å². The number of carbonyl (C=O) groups is 1. The quantitative estimate of drug-likeness (QED) is 0.449. The number of benzene rings is 2. The molecule has 4 rings (SSSR count). The number of amides is 1. The first kappa shape index (κ1) is 23.4. The normalized spacial score (nSPS) is 14.2. The molecule has 1 aromatic heterocycles. The summed E-state index contributed by atoms with van der Waals surface area (Å²) in [5, 5.41) is 4.31. The van der Waals surface area contributed by atoms with Crippen molar-refractivity contribution in [3.05, 3.63) is 88.2 Å². The summed E-state index contributed by atoms with van der Waals surface area (Å²) in [4.78, 5) is 19.1. The summed E-state index contributed by atoms with van der Waals surface area (Å²) in [5.74, 6) is 1.08. The Morgan fingerprint density at radius 2 is 1.76 bits per heavy atom. The lowest BCUT2D eigenvalue weighted by molar-refractivity contribution is 0.0944. The second kappa shape index (κ2) is 11.4. The van der Waals surface area contributed by atoms with Crippen molar-refractivity contribution >= 4 is 34.8 Å². The zero-order chi connectivity index (χ0) is 23.0. The van der Waals surface area contributed by atoms with Gasteiger partial charge in [0.2, 0.25) is 0 Å². The Labute approximate surface area is 204 Å². The highest BCUT2D eigenvalue weighted by Gasteiger charge is 2.20. The Balaban J connectivity index is 1.22. The lowest BCUT2D eigenvalue weighted by atomic mass is 9.96. The van der Waals surface area contributed by atoms with E-state index in [0.29, 0.717) is 46.8 Å². The summed E-state index contributed by atoms with van der Waals surface area (Å²) in [6.45, 7) is 3.14. The van der Waals surface area contributed by atoms with E-state index < -0.39 is 0 Å². The number of halogens is 2. The molecule has 1 aliphatic heterocycles. The van der Waals surface area contributed by atoms with E-state index in [0.717, 1.165) is 31.5 Å². The van der Waals surface area contributed by atoms with Crippen LogP contribution in [0.3, 0.4) is 0 Å². The summed E-state index contributed by atoms with van der Waals surface area (Å²) in [6, 6.07) is 16.8.